The molecule has 1 aliphatic heterocycles. The van der Waals surface area contributed by atoms with Gasteiger partial charge in [-0.25, -0.2) is 9.59 Å². The molecule has 1 heterocycles. The Kier molecular flexibility index (Phi) is 12.7. The van der Waals surface area contributed by atoms with Crippen LogP contribution < -0.4 is 37.6 Å². The van der Waals surface area contributed by atoms with Gasteiger partial charge in [-0.05, 0) is 64.6 Å². The summed E-state index contributed by atoms with van der Waals surface area (Å²) in [5.74, 6) is -3.23. The molecule has 8 N–H and O–H groups in total. The van der Waals surface area contributed by atoms with Crippen LogP contribution in [0, 0.1) is 6.92 Å². The second kappa shape index (κ2) is 15.9. The Morgan fingerprint density at radius 3 is 1.93 bits per heavy atom. The number of Topliss-reactive ketones (excluding diaryl/α,β-unsaturated/α-hetero) is 1. The molecule has 0 saturated carbocycles. The van der Waals surface area contributed by atoms with Crippen LogP contribution in [0.15, 0.2) is 24.3 Å². The van der Waals surface area contributed by atoms with E-state index in [0.717, 1.165) is 5.56 Å². The maximum Gasteiger partial charge on any atom is 0.322 e. The summed E-state index contributed by atoms with van der Waals surface area (Å²) in [5, 5.41) is 14.0. The lowest BCUT2D eigenvalue weighted by Gasteiger charge is -2.22. The number of amides is 8. The van der Waals surface area contributed by atoms with E-state index in [9.17, 15) is 33.6 Å². The summed E-state index contributed by atoms with van der Waals surface area (Å²) in [6, 6.07) is 1.28. The van der Waals surface area contributed by atoms with Gasteiger partial charge >= 0.3 is 12.1 Å². The summed E-state index contributed by atoms with van der Waals surface area (Å²) in [6.45, 7) is 3.65. The van der Waals surface area contributed by atoms with Gasteiger partial charge in [-0.2, -0.15) is 0 Å². The number of aryl methyl sites for hydroxylation is 1. The monoisotopic (exact) mass is 559 g/mol. The maximum absolute atomic E-state index is 13.1. The van der Waals surface area contributed by atoms with Gasteiger partial charge in [0.25, 0.3) is 17.7 Å². The Morgan fingerprint density at radius 1 is 0.775 bits per heavy atom. The minimum atomic E-state index is -1.43. The van der Waals surface area contributed by atoms with E-state index in [-0.39, 0.29) is 25.3 Å². The van der Waals surface area contributed by atoms with Crippen LogP contribution in [0.5, 0.6) is 0 Å². The normalized spacial score (nSPS) is 20.4. The lowest BCUT2D eigenvalue weighted by atomic mass is 10.1. The summed E-state index contributed by atoms with van der Waals surface area (Å²) in [6.07, 6.45) is 1.03. The summed E-state index contributed by atoms with van der Waals surface area (Å²) in [7, 11) is 0. The predicted octanol–water partition coefficient (Wildman–Crippen LogP) is -0.500. The fourth-order valence-electron chi connectivity index (χ4n) is 3.90. The SMILES string of the molecule is CC(=O)C[C@@H]1NC(=O)NC(=O)[C@H](CCCN)NC(=O)[C@H](CCCCNC(=O)c2ccc(C)cc2)NC(=O)NC1=O. The number of carbonyl (C=O) groups is 7. The molecule has 1 aliphatic rings. The number of imide groups is 2. The first-order valence-corrected chi connectivity index (χ1v) is 13.1. The first-order valence-electron chi connectivity index (χ1n) is 13.1. The third-order valence-corrected chi connectivity index (χ3v) is 6.06. The molecular formula is C26H37N7O7. The van der Waals surface area contributed by atoms with Crippen LogP contribution in [-0.4, -0.2) is 72.7 Å². The molecular weight excluding hydrogens is 522 g/mol. The van der Waals surface area contributed by atoms with Crippen LogP contribution in [0.25, 0.3) is 0 Å². The van der Waals surface area contributed by atoms with E-state index in [1.165, 1.54) is 6.92 Å². The second-order valence-corrected chi connectivity index (χ2v) is 9.55. The number of urea groups is 2. The molecule has 0 unspecified atom stereocenters. The summed E-state index contributed by atoms with van der Waals surface area (Å²) in [5.41, 5.74) is 7.08. The molecule has 3 atom stereocenters. The van der Waals surface area contributed by atoms with Crippen molar-refractivity contribution in [2.45, 2.75) is 70.5 Å². The zero-order valence-corrected chi connectivity index (χ0v) is 22.6. The molecule has 1 saturated heterocycles. The number of benzene rings is 1. The molecule has 0 aliphatic carbocycles. The molecule has 14 nitrogen and oxygen atoms in total. The van der Waals surface area contributed by atoms with Gasteiger partial charge in [-0.15, -0.1) is 0 Å². The zero-order valence-electron chi connectivity index (χ0n) is 22.6. The van der Waals surface area contributed by atoms with E-state index in [2.05, 4.69) is 26.6 Å². The highest BCUT2D eigenvalue weighted by molar-refractivity contribution is 6.04. The number of hydrogen-bond acceptors (Lipinski definition) is 8. The van der Waals surface area contributed by atoms with Crippen molar-refractivity contribution in [3.8, 4) is 0 Å². The largest absolute Gasteiger partial charge is 0.352 e. The number of ketones is 1. The molecule has 0 bridgehead atoms. The van der Waals surface area contributed by atoms with Crippen molar-refractivity contribution in [3.05, 3.63) is 35.4 Å². The molecule has 0 spiro atoms. The highest BCUT2D eigenvalue weighted by atomic mass is 16.2. The minimum absolute atomic E-state index is 0.112. The van der Waals surface area contributed by atoms with E-state index < -0.39 is 60.1 Å². The average Bonchev–Trinajstić information content (AvgIpc) is 2.89. The lowest BCUT2D eigenvalue weighted by molar-refractivity contribution is -0.129. The van der Waals surface area contributed by atoms with E-state index in [4.69, 9.17) is 5.73 Å². The van der Waals surface area contributed by atoms with E-state index in [1.807, 2.05) is 24.4 Å². The third-order valence-electron chi connectivity index (χ3n) is 6.06. The number of nitrogens with two attached hydrogens (primary N) is 1. The number of hydrogen-bond donors (Lipinski definition) is 7. The first kappa shape index (κ1) is 31.9. The van der Waals surface area contributed by atoms with Crippen LogP contribution in [0.4, 0.5) is 9.59 Å². The van der Waals surface area contributed by atoms with Gasteiger partial charge in [0.15, 0.2) is 0 Å². The lowest BCUT2D eigenvalue weighted by Crippen LogP contribution is -2.55. The molecule has 1 aromatic rings. The Bertz CT molecular complexity index is 1110. The molecule has 0 aromatic heterocycles. The molecule has 14 heteroatoms. The van der Waals surface area contributed by atoms with Crippen molar-refractivity contribution in [1.29, 1.82) is 0 Å². The number of unbranched alkanes of at least 4 members (excludes halogenated alkanes) is 1. The van der Waals surface area contributed by atoms with Crippen molar-refractivity contribution in [2.75, 3.05) is 13.1 Å². The predicted molar refractivity (Wildman–Crippen MR) is 144 cm³/mol. The van der Waals surface area contributed by atoms with E-state index in [0.29, 0.717) is 31.4 Å². The van der Waals surface area contributed by atoms with E-state index >= 15 is 0 Å². The van der Waals surface area contributed by atoms with Gasteiger partial charge in [0.1, 0.15) is 23.9 Å². The Hall–Kier alpha value is -4.33. The van der Waals surface area contributed by atoms with Crippen molar-refractivity contribution in [1.82, 2.24) is 31.9 Å². The van der Waals surface area contributed by atoms with Crippen molar-refractivity contribution < 1.29 is 33.6 Å². The molecule has 2 rings (SSSR count). The smallest absolute Gasteiger partial charge is 0.322 e. The fourth-order valence-corrected chi connectivity index (χ4v) is 3.90. The van der Waals surface area contributed by atoms with Crippen LogP contribution in [0.3, 0.4) is 0 Å². The first-order chi connectivity index (χ1) is 19.0. The molecule has 1 aromatic carbocycles. The fraction of sp³-hybridized carbons (Fsp3) is 0.500. The minimum Gasteiger partial charge on any atom is -0.352 e. The number of rotatable bonds is 11. The standard InChI is InChI=1S/C26H37N7O7/c1-15-8-10-17(11-9-15)21(35)28-13-4-3-6-19-22(36)29-18(7-5-12-27)23(37)32-26(40)31-20(14-16(2)34)24(38)33-25(39)30-19/h8-11,18-20H,3-7,12-14,27H2,1-2H3,(H,28,35)(H,29,36)(H2,30,33,38,39)(H2,31,32,37,40)/t18-,19-,20-/m0/s1. The molecule has 1 fully saturated rings. The van der Waals surface area contributed by atoms with Crippen LogP contribution in [0.2, 0.25) is 0 Å². The van der Waals surface area contributed by atoms with Crippen molar-refractivity contribution >= 4 is 41.5 Å². The third kappa shape index (κ3) is 10.8. The van der Waals surface area contributed by atoms with Gasteiger partial charge in [0.2, 0.25) is 5.91 Å². The second-order valence-electron chi connectivity index (χ2n) is 9.55. The molecule has 0 radical (unpaired) electrons. The summed E-state index contributed by atoms with van der Waals surface area (Å²) >= 11 is 0. The van der Waals surface area contributed by atoms with Gasteiger partial charge in [0.05, 0.1) is 0 Å². The van der Waals surface area contributed by atoms with Crippen LogP contribution in [-0.2, 0) is 19.2 Å². The Labute approximate surface area is 231 Å². The Morgan fingerprint density at radius 2 is 1.32 bits per heavy atom. The topological polar surface area (TPSA) is 218 Å². The van der Waals surface area contributed by atoms with Crippen LogP contribution in [0.1, 0.15) is 61.4 Å². The molecule has 8 amide bonds. The molecule has 40 heavy (non-hydrogen) atoms. The van der Waals surface area contributed by atoms with Gasteiger partial charge in [0, 0.05) is 18.5 Å². The van der Waals surface area contributed by atoms with Gasteiger partial charge in [-0.3, -0.25) is 34.6 Å². The zero-order chi connectivity index (χ0) is 29.7. The van der Waals surface area contributed by atoms with E-state index in [1.54, 1.807) is 12.1 Å². The summed E-state index contributed by atoms with van der Waals surface area (Å²) in [4.78, 5) is 87.2. The number of nitrogens with one attached hydrogen (secondary N) is 6. The Balaban J connectivity index is 2.10. The van der Waals surface area contributed by atoms with Gasteiger partial charge < -0.3 is 27.0 Å². The highest BCUT2D eigenvalue weighted by Crippen LogP contribution is 2.07. The van der Waals surface area contributed by atoms with Crippen molar-refractivity contribution in [3.63, 3.8) is 0 Å². The summed E-state index contributed by atoms with van der Waals surface area (Å²) < 4.78 is 0. The van der Waals surface area contributed by atoms with Crippen LogP contribution >= 0.6 is 0 Å². The molecule has 218 valence electrons. The quantitative estimate of drug-likeness (QED) is 0.175. The average molecular weight is 560 g/mol. The maximum atomic E-state index is 13.1. The van der Waals surface area contributed by atoms with Crippen molar-refractivity contribution in [2.24, 2.45) is 5.73 Å². The highest BCUT2D eigenvalue weighted by Gasteiger charge is 2.31. The van der Waals surface area contributed by atoms with Gasteiger partial charge in [-0.1, -0.05) is 17.7 Å². The number of carbonyl (C=O) groups excluding carboxylic acids is 7.